The van der Waals surface area contributed by atoms with E-state index in [9.17, 15) is 0 Å². The number of aryl methyl sites for hydroxylation is 1. The summed E-state index contributed by atoms with van der Waals surface area (Å²) in [5.74, 6) is 0.688. The van der Waals surface area contributed by atoms with E-state index in [4.69, 9.17) is 0 Å². The second-order valence-electron chi connectivity index (χ2n) is 5.80. The van der Waals surface area contributed by atoms with Crippen molar-refractivity contribution in [2.24, 2.45) is 0 Å². The Morgan fingerprint density at radius 1 is 1.00 bits per heavy atom. The lowest BCUT2D eigenvalue weighted by molar-refractivity contribution is 0.635. The molecule has 0 saturated heterocycles. The van der Waals surface area contributed by atoms with Crippen LogP contribution < -0.4 is 0 Å². The molecule has 0 saturated carbocycles. The highest BCUT2D eigenvalue weighted by Crippen LogP contribution is 2.19. The molecule has 4 aromatic heterocycles. The van der Waals surface area contributed by atoms with E-state index >= 15 is 0 Å². The summed E-state index contributed by atoms with van der Waals surface area (Å²) < 4.78 is 5.36. The van der Waals surface area contributed by atoms with E-state index < -0.39 is 0 Å². The van der Waals surface area contributed by atoms with E-state index in [1.165, 1.54) is 0 Å². The Labute approximate surface area is 142 Å². The number of hydrogen-bond acceptors (Lipinski definition) is 5. The number of benzene rings is 1. The Bertz CT molecular complexity index is 1180. The maximum Gasteiger partial charge on any atom is 0.173 e. The summed E-state index contributed by atoms with van der Waals surface area (Å²) in [4.78, 5) is 9.17. The summed E-state index contributed by atoms with van der Waals surface area (Å²) in [6, 6.07) is 11.9. The number of nitrogens with zero attached hydrogens (tertiary/aromatic N) is 8. The second-order valence-corrected chi connectivity index (χ2v) is 5.80. The van der Waals surface area contributed by atoms with Crippen molar-refractivity contribution < 1.29 is 0 Å². The first kappa shape index (κ1) is 13.8. The van der Waals surface area contributed by atoms with Crippen LogP contribution in [0.2, 0.25) is 0 Å². The first-order valence-corrected chi connectivity index (χ1v) is 7.91. The van der Waals surface area contributed by atoms with Crippen LogP contribution in [0.4, 0.5) is 0 Å². The highest BCUT2D eigenvalue weighted by atomic mass is 15.4. The minimum Gasteiger partial charge on any atom is -0.262 e. The minimum absolute atomic E-state index is 0.523. The molecule has 0 aliphatic heterocycles. The Morgan fingerprint density at radius 2 is 1.88 bits per heavy atom. The maximum absolute atomic E-state index is 4.66. The van der Waals surface area contributed by atoms with Crippen LogP contribution in [0.3, 0.4) is 0 Å². The topological polar surface area (TPSA) is 78.7 Å². The van der Waals surface area contributed by atoms with Crippen molar-refractivity contribution in [1.82, 2.24) is 39.1 Å². The highest BCUT2D eigenvalue weighted by Gasteiger charge is 2.14. The monoisotopic (exact) mass is 330 g/mol. The quantitative estimate of drug-likeness (QED) is 0.506. The van der Waals surface area contributed by atoms with Gasteiger partial charge < -0.3 is 0 Å². The van der Waals surface area contributed by atoms with Crippen molar-refractivity contribution in [3.8, 4) is 5.69 Å². The van der Waals surface area contributed by atoms with Gasteiger partial charge in [-0.2, -0.15) is 10.2 Å². The van der Waals surface area contributed by atoms with Crippen molar-refractivity contribution in [3.05, 3.63) is 66.6 Å². The molecule has 25 heavy (non-hydrogen) atoms. The third-order valence-electron chi connectivity index (χ3n) is 4.17. The number of hydrogen-bond donors (Lipinski definition) is 0. The van der Waals surface area contributed by atoms with Crippen molar-refractivity contribution >= 4 is 16.7 Å². The van der Waals surface area contributed by atoms with Gasteiger partial charge in [0.05, 0.1) is 17.3 Å². The predicted octanol–water partition coefficient (Wildman–Crippen LogP) is 2.02. The molecule has 0 unspecified atom stereocenters. The van der Waals surface area contributed by atoms with Crippen LogP contribution >= 0.6 is 0 Å². The zero-order chi connectivity index (χ0) is 16.8. The molecule has 0 N–H and O–H groups in total. The zero-order valence-corrected chi connectivity index (χ0v) is 13.5. The predicted molar refractivity (Wildman–Crippen MR) is 91.5 cm³/mol. The largest absolute Gasteiger partial charge is 0.262 e. The fourth-order valence-corrected chi connectivity index (χ4v) is 2.89. The normalized spacial score (nSPS) is 11.6. The Morgan fingerprint density at radius 3 is 2.68 bits per heavy atom. The van der Waals surface area contributed by atoms with Crippen molar-refractivity contribution in [2.75, 3.05) is 0 Å². The number of fused-ring (bicyclic) bond motifs is 3. The van der Waals surface area contributed by atoms with Gasteiger partial charge in [-0.3, -0.25) is 4.68 Å². The van der Waals surface area contributed by atoms with E-state index in [-0.39, 0.29) is 0 Å². The molecule has 5 aromatic rings. The lowest BCUT2D eigenvalue weighted by Crippen LogP contribution is -2.05. The summed E-state index contributed by atoms with van der Waals surface area (Å²) in [5.41, 5.74) is 3.53. The Hall–Kier alpha value is -3.55. The van der Waals surface area contributed by atoms with Gasteiger partial charge in [-0.1, -0.05) is 18.2 Å². The first-order chi connectivity index (χ1) is 12.3. The molecule has 0 aliphatic carbocycles. The van der Waals surface area contributed by atoms with Crippen LogP contribution in [0.5, 0.6) is 0 Å². The molecule has 0 aliphatic rings. The van der Waals surface area contributed by atoms with Crippen LogP contribution in [0, 0.1) is 6.92 Å². The Kier molecular flexibility index (Phi) is 2.90. The first-order valence-electron chi connectivity index (χ1n) is 7.91. The van der Waals surface area contributed by atoms with Crippen LogP contribution in [-0.2, 0) is 6.54 Å². The molecular weight excluding hydrogens is 316 g/mol. The zero-order valence-electron chi connectivity index (χ0n) is 13.5. The smallest absolute Gasteiger partial charge is 0.173 e. The Balaban J connectivity index is 1.63. The van der Waals surface area contributed by atoms with Crippen LogP contribution in [0.1, 0.15) is 11.5 Å². The van der Waals surface area contributed by atoms with E-state index in [1.54, 1.807) is 27.9 Å². The number of aromatic nitrogens is 8. The molecular formula is C17H14N8. The molecule has 0 amide bonds. The maximum atomic E-state index is 4.66. The SMILES string of the molecule is Cc1ccnn1Cc1nc2c3cnn(-c4ccccc4)c3ncn2n1. The van der Waals surface area contributed by atoms with E-state index in [1.807, 2.05) is 48.0 Å². The molecule has 0 spiro atoms. The average Bonchev–Trinajstić information content (AvgIpc) is 3.34. The van der Waals surface area contributed by atoms with Gasteiger partial charge in [0.15, 0.2) is 17.1 Å². The summed E-state index contributed by atoms with van der Waals surface area (Å²) in [6.45, 7) is 2.53. The molecule has 5 rings (SSSR count). The molecule has 8 nitrogen and oxygen atoms in total. The minimum atomic E-state index is 0.523. The molecule has 8 heteroatoms. The molecule has 122 valence electrons. The van der Waals surface area contributed by atoms with E-state index in [2.05, 4.69) is 25.3 Å². The summed E-state index contributed by atoms with van der Waals surface area (Å²) >= 11 is 0. The molecule has 0 fully saturated rings. The van der Waals surface area contributed by atoms with Crippen molar-refractivity contribution in [2.45, 2.75) is 13.5 Å². The van der Waals surface area contributed by atoms with Crippen LogP contribution in [0.25, 0.3) is 22.4 Å². The number of para-hydroxylation sites is 1. The summed E-state index contributed by atoms with van der Waals surface area (Å²) in [7, 11) is 0. The van der Waals surface area contributed by atoms with Gasteiger partial charge >= 0.3 is 0 Å². The van der Waals surface area contributed by atoms with Crippen LogP contribution in [0.15, 0.2) is 55.1 Å². The van der Waals surface area contributed by atoms with Gasteiger partial charge in [-0.15, -0.1) is 5.10 Å². The van der Waals surface area contributed by atoms with Gasteiger partial charge in [0, 0.05) is 11.9 Å². The lowest BCUT2D eigenvalue weighted by Gasteiger charge is -2.01. The van der Waals surface area contributed by atoms with E-state index in [0.29, 0.717) is 12.4 Å². The molecule has 0 bridgehead atoms. The van der Waals surface area contributed by atoms with Crippen molar-refractivity contribution in [3.63, 3.8) is 0 Å². The van der Waals surface area contributed by atoms with Gasteiger partial charge in [-0.25, -0.2) is 19.2 Å². The standard InChI is InChI=1S/C17H14N8/c1-12-7-8-19-23(12)10-15-21-17-14-9-20-25(13-5-3-2-4-6-13)16(14)18-11-24(17)22-15/h2-9,11H,10H2,1H3. The van der Waals surface area contributed by atoms with Gasteiger partial charge in [0.2, 0.25) is 0 Å². The molecule has 0 radical (unpaired) electrons. The highest BCUT2D eigenvalue weighted by molar-refractivity contribution is 5.89. The summed E-state index contributed by atoms with van der Waals surface area (Å²) in [5, 5.41) is 14.1. The second kappa shape index (κ2) is 5.23. The van der Waals surface area contributed by atoms with Gasteiger partial charge in [-0.05, 0) is 25.1 Å². The van der Waals surface area contributed by atoms with Gasteiger partial charge in [0.25, 0.3) is 0 Å². The number of rotatable bonds is 3. The fourth-order valence-electron chi connectivity index (χ4n) is 2.89. The van der Waals surface area contributed by atoms with Crippen LogP contribution in [-0.4, -0.2) is 39.1 Å². The molecule has 1 aromatic carbocycles. The molecule has 4 heterocycles. The third-order valence-corrected chi connectivity index (χ3v) is 4.17. The third kappa shape index (κ3) is 2.18. The van der Waals surface area contributed by atoms with Crippen molar-refractivity contribution in [1.29, 1.82) is 0 Å². The lowest BCUT2D eigenvalue weighted by atomic mass is 10.3. The fraction of sp³-hybridized carbons (Fsp3) is 0.118. The average molecular weight is 330 g/mol. The van der Waals surface area contributed by atoms with E-state index in [0.717, 1.165) is 28.1 Å². The van der Waals surface area contributed by atoms with Gasteiger partial charge in [0.1, 0.15) is 12.9 Å². The summed E-state index contributed by atoms with van der Waals surface area (Å²) in [6.07, 6.45) is 5.22. The molecule has 0 atom stereocenters.